The van der Waals surface area contributed by atoms with Gasteiger partial charge in [0.2, 0.25) is 5.91 Å². The Labute approximate surface area is 183 Å². The summed E-state index contributed by atoms with van der Waals surface area (Å²) in [5, 5.41) is 4.85. The molecule has 1 aliphatic rings. The second kappa shape index (κ2) is 8.80. The van der Waals surface area contributed by atoms with Crippen molar-refractivity contribution in [1.82, 2.24) is 4.90 Å². The van der Waals surface area contributed by atoms with Crippen molar-refractivity contribution in [2.24, 2.45) is 5.92 Å². The molecule has 5 heteroatoms. The average molecular weight is 417 g/mol. The lowest BCUT2D eigenvalue weighted by Crippen LogP contribution is -2.43. The number of nitrogens with one attached hydrogen (secondary N) is 1. The van der Waals surface area contributed by atoms with E-state index in [1.54, 1.807) is 7.11 Å². The van der Waals surface area contributed by atoms with E-state index in [1.807, 2.05) is 73.3 Å². The minimum absolute atomic E-state index is 0.0224. The van der Waals surface area contributed by atoms with Crippen LogP contribution in [0.25, 0.3) is 10.8 Å². The molecule has 160 valence electrons. The zero-order valence-electron chi connectivity index (χ0n) is 18.3. The summed E-state index contributed by atoms with van der Waals surface area (Å²) in [6.07, 6.45) is 1.59. The lowest BCUT2D eigenvalue weighted by molar-refractivity contribution is -0.121. The van der Waals surface area contributed by atoms with Gasteiger partial charge in [-0.2, -0.15) is 0 Å². The molecule has 3 aromatic rings. The summed E-state index contributed by atoms with van der Waals surface area (Å²) >= 11 is 0. The van der Waals surface area contributed by atoms with Crippen molar-refractivity contribution < 1.29 is 14.3 Å². The number of fused-ring (bicyclic) bond motifs is 1. The summed E-state index contributed by atoms with van der Waals surface area (Å²) in [7, 11) is 1.63. The van der Waals surface area contributed by atoms with Crippen molar-refractivity contribution in [3.05, 3.63) is 71.3 Å². The normalized spacial score (nSPS) is 16.2. The molecule has 5 nitrogen and oxygen atoms in total. The van der Waals surface area contributed by atoms with Crippen LogP contribution in [0.2, 0.25) is 0 Å². The van der Waals surface area contributed by atoms with E-state index in [-0.39, 0.29) is 17.7 Å². The van der Waals surface area contributed by atoms with E-state index in [0.29, 0.717) is 18.7 Å². The maximum absolute atomic E-state index is 13.4. The minimum Gasteiger partial charge on any atom is -0.496 e. The number of hydrogen-bond acceptors (Lipinski definition) is 3. The first-order valence-electron chi connectivity index (χ1n) is 10.7. The maximum Gasteiger partial charge on any atom is 0.254 e. The molecular formula is C26H28N2O3. The fraction of sp³-hybridized carbons (Fsp3) is 0.308. The summed E-state index contributed by atoms with van der Waals surface area (Å²) in [6.45, 7) is 5.08. The number of rotatable bonds is 4. The van der Waals surface area contributed by atoms with Crippen molar-refractivity contribution in [1.29, 1.82) is 0 Å². The van der Waals surface area contributed by atoms with Gasteiger partial charge in [-0.25, -0.2) is 0 Å². The van der Waals surface area contributed by atoms with Crippen molar-refractivity contribution in [3.63, 3.8) is 0 Å². The minimum atomic E-state index is -0.220. The molecule has 0 aromatic heterocycles. The predicted octanol–water partition coefficient (Wildman–Crippen LogP) is 4.96. The second-order valence-corrected chi connectivity index (χ2v) is 8.26. The van der Waals surface area contributed by atoms with E-state index in [2.05, 4.69) is 5.32 Å². The Balaban J connectivity index is 1.54. The molecule has 0 unspecified atom stereocenters. The van der Waals surface area contributed by atoms with Gasteiger partial charge in [0, 0.05) is 29.7 Å². The van der Waals surface area contributed by atoms with Gasteiger partial charge in [0.25, 0.3) is 5.91 Å². The summed E-state index contributed by atoms with van der Waals surface area (Å²) in [5.41, 5.74) is 3.63. The van der Waals surface area contributed by atoms with Crippen LogP contribution in [-0.4, -0.2) is 36.9 Å². The van der Waals surface area contributed by atoms with Crippen molar-refractivity contribution in [3.8, 4) is 5.75 Å². The quantitative estimate of drug-likeness (QED) is 0.654. The van der Waals surface area contributed by atoms with Crippen LogP contribution in [0.3, 0.4) is 0 Å². The first kappa shape index (κ1) is 20.9. The summed E-state index contributed by atoms with van der Waals surface area (Å²) < 4.78 is 5.45. The van der Waals surface area contributed by atoms with Gasteiger partial charge in [-0.3, -0.25) is 9.59 Å². The molecule has 0 radical (unpaired) electrons. The molecule has 31 heavy (non-hydrogen) atoms. The van der Waals surface area contributed by atoms with Crippen LogP contribution < -0.4 is 10.1 Å². The number of benzene rings is 3. The number of hydrogen-bond donors (Lipinski definition) is 1. The number of methoxy groups -OCH3 is 1. The van der Waals surface area contributed by atoms with Gasteiger partial charge in [-0.15, -0.1) is 0 Å². The van der Waals surface area contributed by atoms with Crippen LogP contribution in [0.15, 0.2) is 54.6 Å². The largest absolute Gasteiger partial charge is 0.496 e. The number of likely N-dealkylation sites (tertiary alicyclic amines) is 1. The predicted molar refractivity (Wildman–Crippen MR) is 124 cm³/mol. The zero-order valence-corrected chi connectivity index (χ0v) is 18.3. The third-order valence-electron chi connectivity index (χ3n) is 6.06. The van der Waals surface area contributed by atoms with Crippen LogP contribution in [0.1, 0.15) is 34.3 Å². The maximum atomic E-state index is 13.4. The Hall–Kier alpha value is -3.34. The number of ether oxygens (including phenoxy) is 1. The number of carbonyl (C=O) groups is 2. The van der Waals surface area contributed by atoms with E-state index < -0.39 is 0 Å². The van der Waals surface area contributed by atoms with Crippen LogP contribution >= 0.6 is 0 Å². The number of piperidine rings is 1. The van der Waals surface area contributed by atoms with Crippen LogP contribution in [0, 0.1) is 19.8 Å². The lowest BCUT2D eigenvalue weighted by Gasteiger charge is -2.32. The first-order chi connectivity index (χ1) is 15.0. The molecule has 1 atom stereocenters. The summed E-state index contributed by atoms with van der Waals surface area (Å²) in [4.78, 5) is 28.2. The van der Waals surface area contributed by atoms with Gasteiger partial charge in [0.1, 0.15) is 5.75 Å². The van der Waals surface area contributed by atoms with Gasteiger partial charge >= 0.3 is 0 Å². The lowest BCUT2D eigenvalue weighted by atomic mass is 9.95. The molecule has 1 saturated heterocycles. The van der Waals surface area contributed by atoms with Crippen molar-refractivity contribution in [2.45, 2.75) is 26.7 Å². The van der Waals surface area contributed by atoms with E-state index in [9.17, 15) is 9.59 Å². The third kappa shape index (κ3) is 4.26. The molecule has 0 aliphatic carbocycles. The number of anilines is 1. The third-order valence-corrected chi connectivity index (χ3v) is 6.06. The van der Waals surface area contributed by atoms with E-state index in [1.165, 1.54) is 0 Å². The molecule has 0 bridgehead atoms. The van der Waals surface area contributed by atoms with Gasteiger partial charge in [0.05, 0.1) is 13.0 Å². The molecule has 0 spiro atoms. The molecule has 1 heterocycles. The molecule has 1 fully saturated rings. The van der Waals surface area contributed by atoms with Crippen molar-refractivity contribution >= 4 is 28.3 Å². The molecule has 3 aromatic carbocycles. The number of amides is 2. The van der Waals surface area contributed by atoms with Gasteiger partial charge < -0.3 is 15.0 Å². The Kier molecular flexibility index (Phi) is 5.94. The molecule has 1 aliphatic heterocycles. The Morgan fingerprint density at radius 1 is 1.03 bits per heavy atom. The average Bonchev–Trinajstić information content (AvgIpc) is 2.80. The summed E-state index contributed by atoms with van der Waals surface area (Å²) in [6, 6.07) is 17.5. The SMILES string of the molecule is COc1ccc(C(=O)N2CCC[C@@H](C(=O)Nc3cc(C)ccc3C)C2)c2ccccc12. The highest BCUT2D eigenvalue weighted by molar-refractivity contribution is 6.08. The summed E-state index contributed by atoms with van der Waals surface area (Å²) in [5.74, 6) is 0.465. The fourth-order valence-electron chi connectivity index (χ4n) is 4.29. The highest BCUT2D eigenvalue weighted by Gasteiger charge is 2.30. The molecule has 2 amide bonds. The highest BCUT2D eigenvalue weighted by atomic mass is 16.5. The van der Waals surface area contributed by atoms with Crippen LogP contribution in [-0.2, 0) is 4.79 Å². The standard InChI is InChI=1S/C26H28N2O3/c1-17-10-11-18(2)23(15-17)27-25(29)19-7-6-14-28(16-19)26(30)22-12-13-24(31-3)21-9-5-4-8-20(21)22/h4-5,8-13,15,19H,6-7,14,16H2,1-3H3,(H,27,29)/t19-/m1/s1. The van der Waals surface area contributed by atoms with Crippen LogP contribution in [0.4, 0.5) is 5.69 Å². The van der Waals surface area contributed by atoms with Crippen molar-refractivity contribution in [2.75, 3.05) is 25.5 Å². The van der Waals surface area contributed by atoms with E-state index in [4.69, 9.17) is 4.74 Å². The van der Waals surface area contributed by atoms with E-state index >= 15 is 0 Å². The molecule has 1 N–H and O–H groups in total. The number of carbonyl (C=O) groups excluding carboxylic acids is 2. The topological polar surface area (TPSA) is 58.6 Å². The Bertz CT molecular complexity index is 1140. The first-order valence-corrected chi connectivity index (χ1v) is 10.7. The number of nitrogens with zero attached hydrogens (tertiary/aromatic N) is 1. The van der Waals surface area contributed by atoms with E-state index in [0.717, 1.165) is 46.2 Å². The monoisotopic (exact) mass is 416 g/mol. The fourth-order valence-corrected chi connectivity index (χ4v) is 4.29. The molecule has 0 saturated carbocycles. The second-order valence-electron chi connectivity index (χ2n) is 8.26. The van der Waals surface area contributed by atoms with Crippen LogP contribution in [0.5, 0.6) is 5.75 Å². The Morgan fingerprint density at radius 3 is 2.58 bits per heavy atom. The zero-order chi connectivity index (χ0) is 22.0. The highest BCUT2D eigenvalue weighted by Crippen LogP contribution is 2.30. The number of aryl methyl sites for hydroxylation is 2. The smallest absolute Gasteiger partial charge is 0.254 e. The molecule has 4 rings (SSSR count). The molecular weight excluding hydrogens is 388 g/mol. The van der Waals surface area contributed by atoms with Gasteiger partial charge in [-0.05, 0) is 61.4 Å². The van der Waals surface area contributed by atoms with Gasteiger partial charge in [-0.1, -0.05) is 36.4 Å². The Morgan fingerprint density at radius 2 is 1.81 bits per heavy atom. The van der Waals surface area contributed by atoms with Gasteiger partial charge in [0.15, 0.2) is 0 Å².